The van der Waals surface area contributed by atoms with Crippen LogP contribution in [0.25, 0.3) is 88.8 Å². The van der Waals surface area contributed by atoms with Crippen LogP contribution in [0.3, 0.4) is 0 Å². The second kappa shape index (κ2) is 9.48. The third-order valence-corrected chi connectivity index (χ3v) is 8.70. The van der Waals surface area contributed by atoms with Crippen LogP contribution in [0.4, 0.5) is 0 Å². The van der Waals surface area contributed by atoms with E-state index >= 15 is 0 Å². The van der Waals surface area contributed by atoms with E-state index in [0.717, 1.165) is 82.9 Å². The normalized spacial score (nSPS) is 11.9. The molecule has 214 valence electrons. The van der Waals surface area contributed by atoms with Crippen LogP contribution in [-0.2, 0) is 0 Å². The van der Waals surface area contributed by atoms with Crippen molar-refractivity contribution in [2.45, 2.75) is 0 Å². The van der Waals surface area contributed by atoms with Crippen LogP contribution in [0, 0.1) is 0 Å². The number of hydrogen-bond acceptors (Lipinski definition) is 6. The van der Waals surface area contributed by atoms with Crippen LogP contribution >= 0.6 is 0 Å². The maximum absolute atomic E-state index is 5.32. The summed E-state index contributed by atoms with van der Waals surface area (Å²) in [6.45, 7) is 0. The molecule has 0 fully saturated rings. The van der Waals surface area contributed by atoms with E-state index < -0.39 is 0 Å². The van der Waals surface area contributed by atoms with Crippen LogP contribution in [0.1, 0.15) is 0 Å². The quantitative estimate of drug-likeness (QED) is 0.193. The molecule has 0 aliphatic carbocycles. The molecule has 0 saturated heterocycles. The summed E-state index contributed by atoms with van der Waals surface area (Å²) >= 11 is 0. The first kappa shape index (κ1) is 24.9. The second-order valence-electron chi connectivity index (χ2n) is 11.2. The zero-order chi connectivity index (χ0) is 30.2. The van der Waals surface area contributed by atoms with Crippen LogP contribution in [0.5, 0.6) is 0 Å². The van der Waals surface area contributed by atoms with Gasteiger partial charge in [-0.15, -0.1) is 0 Å². The largest absolute Gasteiger partial charge is 0.278 e. The molecule has 8 nitrogen and oxygen atoms in total. The highest BCUT2D eigenvalue weighted by atomic mass is 15.2. The van der Waals surface area contributed by atoms with Gasteiger partial charge in [-0.05, 0) is 66.7 Å². The molecule has 0 aliphatic heterocycles. The molecule has 0 atom stereocenters. The molecule has 46 heavy (non-hydrogen) atoms. The zero-order valence-corrected chi connectivity index (χ0v) is 24.3. The standard InChI is InChI=1S/C38H22N8/c1-3-14-30-24(9-1)26-11-7-21-40-36(26)45(30)32-19-17-23-16-18-28-34(29-13-5-6-20-39-29)43-38(44-35(28)33(23)42-32)46-31-15-4-2-10-25(31)27-12-8-22-41-37(27)46/h1-22H. The van der Waals surface area contributed by atoms with E-state index in [1.807, 2.05) is 65.4 Å². The van der Waals surface area contributed by atoms with Crippen molar-refractivity contribution in [3.8, 4) is 23.2 Å². The lowest BCUT2D eigenvalue weighted by Gasteiger charge is -2.13. The number of benzene rings is 3. The Morgan fingerprint density at radius 1 is 0.413 bits per heavy atom. The van der Waals surface area contributed by atoms with E-state index in [-0.39, 0.29) is 0 Å². The lowest BCUT2D eigenvalue weighted by molar-refractivity contribution is 0.995. The first-order chi connectivity index (χ1) is 22.8. The summed E-state index contributed by atoms with van der Waals surface area (Å²) in [7, 11) is 0. The van der Waals surface area contributed by atoms with E-state index in [1.54, 1.807) is 12.4 Å². The van der Waals surface area contributed by atoms with Gasteiger partial charge in [-0.1, -0.05) is 48.5 Å². The molecule has 0 spiro atoms. The first-order valence-corrected chi connectivity index (χ1v) is 15.1. The van der Waals surface area contributed by atoms with Crippen molar-refractivity contribution in [1.29, 1.82) is 0 Å². The zero-order valence-electron chi connectivity index (χ0n) is 24.3. The number of hydrogen-bond donors (Lipinski definition) is 0. The molecule has 3 aromatic carbocycles. The van der Waals surface area contributed by atoms with Gasteiger partial charge in [0.25, 0.3) is 0 Å². The summed E-state index contributed by atoms with van der Waals surface area (Å²) in [6, 6.07) is 38.9. The van der Waals surface area contributed by atoms with Gasteiger partial charge >= 0.3 is 0 Å². The fourth-order valence-corrected chi connectivity index (χ4v) is 6.70. The average Bonchev–Trinajstić information content (AvgIpc) is 3.64. The molecule has 0 saturated carbocycles. The predicted octanol–water partition coefficient (Wildman–Crippen LogP) is 8.22. The molecular formula is C38H22N8. The van der Waals surface area contributed by atoms with Crippen molar-refractivity contribution in [1.82, 2.24) is 39.0 Å². The molecular weight excluding hydrogens is 568 g/mol. The van der Waals surface area contributed by atoms with Crippen LogP contribution in [0.2, 0.25) is 0 Å². The third kappa shape index (κ3) is 3.49. The minimum Gasteiger partial charge on any atom is -0.278 e. The van der Waals surface area contributed by atoms with E-state index in [0.29, 0.717) is 5.95 Å². The third-order valence-electron chi connectivity index (χ3n) is 8.70. The van der Waals surface area contributed by atoms with Gasteiger partial charge in [-0.25, -0.2) is 24.9 Å². The smallest absolute Gasteiger partial charge is 0.237 e. The highest BCUT2D eigenvalue weighted by Gasteiger charge is 2.20. The van der Waals surface area contributed by atoms with Crippen molar-refractivity contribution in [3.63, 3.8) is 0 Å². The Kier molecular flexibility index (Phi) is 5.12. The van der Waals surface area contributed by atoms with E-state index in [9.17, 15) is 0 Å². The summed E-state index contributed by atoms with van der Waals surface area (Å²) in [5, 5.41) is 6.19. The van der Waals surface area contributed by atoms with Crippen molar-refractivity contribution in [3.05, 3.63) is 134 Å². The minimum atomic E-state index is 0.510. The fourth-order valence-electron chi connectivity index (χ4n) is 6.70. The van der Waals surface area contributed by atoms with E-state index in [2.05, 4.69) is 65.2 Å². The van der Waals surface area contributed by atoms with Gasteiger partial charge in [0.05, 0.1) is 22.2 Å². The SMILES string of the molecule is c1ccc(-c2nc(-n3c4ccccc4c4cccnc43)nc3c2ccc2ccc(-n4c5ccccc5c5cccnc54)nc23)nc1. The van der Waals surface area contributed by atoms with Gasteiger partial charge in [0.15, 0.2) is 0 Å². The summed E-state index contributed by atoms with van der Waals surface area (Å²) in [5.74, 6) is 1.28. The Morgan fingerprint density at radius 2 is 1.04 bits per heavy atom. The molecule has 0 amide bonds. The lowest BCUT2D eigenvalue weighted by Crippen LogP contribution is -2.05. The Balaban J connectivity index is 1.33. The highest BCUT2D eigenvalue weighted by Crippen LogP contribution is 2.35. The molecule has 7 heterocycles. The molecule has 10 rings (SSSR count). The van der Waals surface area contributed by atoms with Crippen LogP contribution in [0.15, 0.2) is 134 Å². The van der Waals surface area contributed by atoms with Crippen LogP contribution < -0.4 is 0 Å². The Bertz CT molecular complexity index is 2710. The van der Waals surface area contributed by atoms with Crippen molar-refractivity contribution >= 4 is 65.7 Å². The molecule has 0 N–H and O–H groups in total. The number of aromatic nitrogens is 8. The first-order valence-electron chi connectivity index (χ1n) is 15.1. The number of nitrogens with zero attached hydrogens (tertiary/aromatic N) is 8. The van der Waals surface area contributed by atoms with Gasteiger partial charge < -0.3 is 0 Å². The van der Waals surface area contributed by atoms with Gasteiger partial charge in [0, 0.05) is 50.9 Å². The van der Waals surface area contributed by atoms with Gasteiger partial charge in [-0.3, -0.25) is 14.1 Å². The molecule has 0 unspecified atom stereocenters. The molecule has 0 bridgehead atoms. The van der Waals surface area contributed by atoms with E-state index in [4.69, 9.17) is 29.9 Å². The summed E-state index contributed by atoms with van der Waals surface area (Å²) < 4.78 is 4.16. The molecule has 7 aromatic heterocycles. The number of pyridine rings is 4. The van der Waals surface area contributed by atoms with Gasteiger partial charge in [0.1, 0.15) is 28.3 Å². The average molecular weight is 591 g/mol. The molecule has 8 heteroatoms. The van der Waals surface area contributed by atoms with E-state index in [1.165, 1.54) is 0 Å². The molecule has 0 aliphatic rings. The predicted molar refractivity (Wildman–Crippen MR) is 182 cm³/mol. The monoisotopic (exact) mass is 590 g/mol. The Morgan fingerprint density at radius 3 is 1.78 bits per heavy atom. The topological polar surface area (TPSA) is 87.2 Å². The molecule has 10 aromatic rings. The number of para-hydroxylation sites is 2. The van der Waals surface area contributed by atoms with Crippen molar-refractivity contribution < 1.29 is 0 Å². The fraction of sp³-hybridized carbons (Fsp3) is 0. The van der Waals surface area contributed by atoms with Crippen molar-refractivity contribution in [2.24, 2.45) is 0 Å². The number of rotatable bonds is 3. The van der Waals surface area contributed by atoms with Gasteiger partial charge in [-0.2, -0.15) is 0 Å². The number of fused-ring (bicyclic) bond motifs is 9. The Labute approximate surface area is 261 Å². The maximum atomic E-state index is 5.32. The highest BCUT2D eigenvalue weighted by molar-refractivity contribution is 6.11. The summed E-state index contributed by atoms with van der Waals surface area (Å²) in [5.41, 5.74) is 6.67. The minimum absolute atomic E-state index is 0.510. The van der Waals surface area contributed by atoms with Crippen molar-refractivity contribution in [2.75, 3.05) is 0 Å². The second-order valence-corrected chi connectivity index (χ2v) is 11.2. The summed E-state index contributed by atoms with van der Waals surface area (Å²) in [6.07, 6.45) is 5.42. The molecule has 0 radical (unpaired) electrons. The maximum Gasteiger partial charge on any atom is 0.237 e. The van der Waals surface area contributed by atoms with Gasteiger partial charge in [0.2, 0.25) is 5.95 Å². The Hall–Kier alpha value is -6.54. The summed E-state index contributed by atoms with van der Waals surface area (Å²) in [4.78, 5) is 30.0. The lowest BCUT2D eigenvalue weighted by atomic mass is 10.1. The van der Waals surface area contributed by atoms with Crippen LogP contribution in [-0.4, -0.2) is 39.0 Å².